The van der Waals surface area contributed by atoms with Gasteiger partial charge in [0.25, 0.3) is 0 Å². The van der Waals surface area contributed by atoms with Crippen LogP contribution in [0, 0.1) is 6.92 Å². The maximum Gasteiger partial charge on any atom is 0.146 e. The number of nitrogens with two attached hydrogens (primary N) is 1. The van der Waals surface area contributed by atoms with Crippen molar-refractivity contribution < 1.29 is 0 Å². The van der Waals surface area contributed by atoms with Crippen molar-refractivity contribution in [2.24, 2.45) is 5.73 Å². The number of rotatable bonds is 7. The van der Waals surface area contributed by atoms with E-state index in [1.165, 1.54) is 22.4 Å². The van der Waals surface area contributed by atoms with Gasteiger partial charge in [0.05, 0.1) is 0 Å². The molecule has 0 fully saturated rings. The normalized spacial score (nSPS) is 16.1. The monoisotopic (exact) mass is 481 g/mol. The Hall–Kier alpha value is -4.34. The molecule has 2 aliphatic rings. The van der Waals surface area contributed by atoms with Gasteiger partial charge in [-0.05, 0) is 65.6 Å². The fourth-order valence-corrected chi connectivity index (χ4v) is 5.52. The van der Waals surface area contributed by atoms with Crippen molar-refractivity contribution in [3.63, 3.8) is 0 Å². The number of para-hydroxylation sites is 1. The van der Waals surface area contributed by atoms with Crippen LogP contribution in [-0.2, 0) is 18.8 Å². The molecule has 5 aromatic rings. The SMILES string of the molecule is Cc1cc(N(Cc2ccccc2)Cc2ccccc2)ccc1C1(N)c2ccc(cc2)N1c1ccccc1. The average Bonchev–Trinajstić information content (AvgIpc) is 2.95. The van der Waals surface area contributed by atoms with Gasteiger partial charge in [-0.2, -0.15) is 0 Å². The van der Waals surface area contributed by atoms with E-state index in [0.29, 0.717) is 0 Å². The third kappa shape index (κ3) is 4.28. The molecule has 5 aromatic carbocycles. The molecule has 0 saturated carbocycles. The number of aryl methyl sites for hydroxylation is 1. The number of anilines is 3. The minimum atomic E-state index is -0.771. The molecule has 3 heteroatoms. The average molecular weight is 482 g/mol. The molecule has 2 bridgehead atoms. The molecule has 2 N–H and O–H groups in total. The maximum absolute atomic E-state index is 7.37. The molecule has 3 nitrogen and oxygen atoms in total. The minimum absolute atomic E-state index is 0.771. The van der Waals surface area contributed by atoms with Crippen LogP contribution in [0.4, 0.5) is 17.1 Å². The van der Waals surface area contributed by atoms with Gasteiger partial charge in [-0.1, -0.05) is 97.1 Å². The van der Waals surface area contributed by atoms with E-state index in [2.05, 4.69) is 144 Å². The highest BCUT2D eigenvalue weighted by Crippen LogP contribution is 2.46. The first-order chi connectivity index (χ1) is 18.1. The summed E-state index contributed by atoms with van der Waals surface area (Å²) < 4.78 is 0. The summed E-state index contributed by atoms with van der Waals surface area (Å²) in [4.78, 5) is 4.70. The van der Waals surface area contributed by atoms with Crippen molar-refractivity contribution in [1.29, 1.82) is 0 Å². The molecule has 1 unspecified atom stereocenters. The van der Waals surface area contributed by atoms with E-state index in [0.717, 1.165) is 35.6 Å². The van der Waals surface area contributed by atoms with Gasteiger partial charge < -0.3 is 15.5 Å². The molecule has 1 atom stereocenters. The second kappa shape index (κ2) is 9.61. The van der Waals surface area contributed by atoms with Crippen molar-refractivity contribution in [3.05, 3.63) is 161 Å². The predicted octanol–water partition coefficient (Wildman–Crippen LogP) is 7.51. The zero-order chi connectivity index (χ0) is 25.2. The van der Waals surface area contributed by atoms with E-state index >= 15 is 0 Å². The first-order valence-electron chi connectivity index (χ1n) is 12.8. The van der Waals surface area contributed by atoms with Crippen LogP contribution in [-0.4, -0.2) is 0 Å². The van der Waals surface area contributed by atoms with E-state index in [1.807, 2.05) is 6.07 Å². The van der Waals surface area contributed by atoms with E-state index in [4.69, 9.17) is 5.73 Å². The maximum atomic E-state index is 7.37. The molecule has 0 amide bonds. The molecule has 0 aliphatic carbocycles. The van der Waals surface area contributed by atoms with Crippen molar-refractivity contribution >= 4 is 17.1 Å². The fraction of sp³-hybridized carbons (Fsp3) is 0.118. The molecular weight excluding hydrogens is 450 g/mol. The Morgan fingerprint density at radius 1 is 0.622 bits per heavy atom. The molecular formula is C34H31N3. The van der Waals surface area contributed by atoms with Crippen LogP contribution in [0.2, 0.25) is 0 Å². The van der Waals surface area contributed by atoms with Crippen LogP contribution in [0.3, 0.4) is 0 Å². The Balaban J connectivity index is 1.40. The summed E-state index contributed by atoms with van der Waals surface area (Å²) in [6.07, 6.45) is 0. The number of hydrogen-bond donors (Lipinski definition) is 1. The van der Waals surface area contributed by atoms with Crippen molar-refractivity contribution in [3.8, 4) is 0 Å². The highest BCUT2D eigenvalue weighted by molar-refractivity contribution is 5.74. The predicted molar refractivity (Wildman–Crippen MR) is 154 cm³/mol. The van der Waals surface area contributed by atoms with E-state index < -0.39 is 5.66 Å². The Labute approximate surface area is 219 Å². The third-order valence-corrected chi connectivity index (χ3v) is 7.35. The first kappa shape index (κ1) is 23.1. The topological polar surface area (TPSA) is 32.5 Å². The second-order valence-electron chi connectivity index (χ2n) is 9.81. The van der Waals surface area contributed by atoms with Gasteiger partial charge in [0.2, 0.25) is 0 Å². The quantitative estimate of drug-likeness (QED) is 0.261. The summed E-state index contributed by atoms with van der Waals surface area (Å²) in [5.41, 5.74) is 15.9. The zero-order valence-corrected chi connectivity index (χ0v) is 21.1. The summed E-state index contributed by atoms with van der Waals surface area (Å²) in [6.45, 7) is 3.85. The van der Waals surface area contributed by atoms with Gasteiger partial charge in [0.1, 0.15) is 5.66 Å². The summed E-state index contributed by atoms with van der Waals surface area (Å²) in [7, 11) is 0. The number of hydrogen-bond acceptors (Lipinski definition) is 3. The lowest BCUT2D eigenvalue weighted by Gasteiger charge is -2.47. The third-order valence-electron chi connectivity index (χ3n) is 7.35. The molecule has 0 saturated heterocycles. The second-order valence-corrected chi connectivity index (χ2v) is 9.81. The molecule has 37 heavy (non-hydrogen) atoms. The number of fused-ring (bicyclic) bond motifs is 3. The number of nitrogens with zero attached hydrogens (tertiary/aromatic N) is 2. The van der Waals surface area contributed by atoms with Crippen LogP contribution in [0.1, 0.15) is 27.8 Å². The zero-order valence-electron chi connectivity index (χ0n) is 21.1. The lowest BCUT2D eigenvalue weighted by atomic mass is 9.83. The first-order valence-corrected chi connectivity index (χ1v) is 12.8. The lowest BCUT2D eigenvalue weighted by Crippen LogP contribution is -2.54. The molecule has 2 aliphatic heterocycles. The van der Waals surface area contributed by atoms with Crippen LogP contribution in [0.5, 0.6) is 0 Å². The summed E-state index contributed by atoms with van der Waals surface area (Å²) >= 11 is 0. The smallest absolute Gasteiger partial charge is 0.146 e. The van der Waals surface area contributed by atoms with E-state index in [1.54, 1.807) is 0 Å². The Bertz CT molecular complexity index is 1440. The van der Waals surface area contributed by atoms with Crippen LogP contribution in [0.15, 0.2) is 133 Å². The molecule has 0 aromatic heterocycles. The lowest BCUT2D eigenvalue weighted by molar-refractivity contribution is 0.534. The van der Waals surface area contributed by atoms with Crippen molar-refractivity contribution in [1.82, 2.24) is 0 Å². The molecule has 0 radical (unpaired) electrons. The molecule has 2 heterocycles. The molecule has 182 valence electrons. The van der Waals surface area contributed by atoms with Crippen molar-refractivity contribution in [2.75, 3.05) is 9.80 Å². The minimum Gasteiger partial charge on any atom is -0.363 e. The largest absolute Gasteiger partial charge is 0.363 e. The highest BCUT2D eigenvalue weighted by Gasteiger charge is 2.42. The van der Waals surface area contributed by atoms with E-state index in [9.17, 15) is 0 Å². The Morgan fingerprint density at radius 3 is 1.68 bits per heavy atom. The summed E-state index contributed by atoms with van der Waals surface area (Å²) in [6, 6.07) is 47.1. The van der Waals surface area contributed by atoms with Crippen LogP contribution < -0.4 is 15.5 Å². The standard InChI is InChI=1S/C34H31N3/c1-26-23-32(36(24-27-11-5-2-6-12-27)25-28-13-7-3-8-14-28)21-22-33(26)34(35)29-17-19-31(20-18-29)37(34)30-15-9-4-10-16-30/h2-23H,24-25,35H2,1H3. The molecule has 7 rings (SSSR count). The van der Waals surface area contributed by atoms with E-state index in [-0.39, 0.29) is 0 Å². The highest BCUT2D eigenvalue weighted by atomic mass is 15.3. The van der Waals surface area contributed by atoms with Crippen molar-refractivity contribution in [2.45, 2.75) is 25.7 Å². The summed E-state index contributed by atoms with van der Waals surface area (Å²) in [5, 5.41) is 0. The Kier molecular flexibility index (Phi) is 5.99. The van der Waals surface area contributed by atoms with Gasteiger partial charge in [0, 0.05) is 35.7 Å². The van der Waals surface area contributed by atoms with Gasteiger partial charge >= 0.3 is 0 Å². The van der Waals surface area contributed by atoms with Gasteiger partial charge in [-0.25, -0.2) is 0 Å². The fourth-order valence-electron chi connectivity index (χ4n) is 5.52. The number of benzene rings is 5. The van der Waals surface area contributed by atoms with Gasteiger partial charge in [0.15, 0.2) is 0 Å². The molecule has 0 spiro atoms. The van der Waals surface area contributed by atoms with Crippen LogP contribution >= 0.6 is 0 Å². The van der Waals surface area contributed by atoms with Gasteiger partial charge in [-0.15, -0.1) is 0 Å². The van der Waals surface area contributed by atoms with Gasteiger partial charge in [-0.3, -0.25) is 0 Å². The van der Waals surface area contributed by atoms with Crippen LogP contribution in [0.25, 0.3) is 0 Å². The Morgan fingerprint density at radius 2 is 1.14 bits per heavy atom. The summed E-state index contributed by atoms with van der Waals surface area (Å²) in [5.74, 6) is 0.